The predicted molar refractivity (Wildman–Crippen MR) is 54.9 cm³/mol. The highest BCUT2D eigenvalue weighted by Gasteiger charge is 2.31. The fraction of sp³-hybridized carbons (Fsp3) is 0.364. The third kappa shape index (κ3) is 4.62. The van der Waals surface area contributed by atoms with E-state index in [1.807, 2.05) is 0 Å². The Labute approximate surface area is 101 Å². The van der Waals surface area contributed by atoms with Crippen LogP contribution < -0.4 is 4.74 Å². The fourth-order valence-electron chi connectivity index (χ4n) is 1.31. The highest BCUT2D eigenvalue weighted by molar-refractivity contribution is 5.74. The second-order valence-electron chi connectivity index (χ2n) is 3.44. The molecule has 0 saturated heterocycles. The molecule has 4 nitrogen and oxygen atoms in total. The average Bonchev–Trinajstić information content (AvgIpc) is 2.26. The molecule has 1 atom stereocenters. The number of halogens is 3. The normalized spacial score (nSPS) is 12.9. The van der Waals surface area contributed by atoms with E-state index < -0.39 is 24.2 Å². The minimum absolute atomic E-state index is 0.151. The number of alkyl halides is 3. The molecule has 0 saturated carbocycles. The van der Waals surface area contributed by atoms with Crippen molar-refractivity contribution in [2.45, 2.75) is 18.9 Å². The number of hydrogen-bond donors (Lipinski definition) is 1. The van der Waals surface area contributed by atoms with Crippen LogP contribution in [0.5, 0.6) is 5.75 Å². The first kappa shape index (κ1) is 14.3. The van der Waals surface area contributed by atoms with E-state index in [2.05, 4.69) is 9.47 Å². The van der Waals surface area contributed by atoms with Gasteiger partial charge in [-0.1, -0.05) is 12.1 Å². The lowest BCUT2D eigenvalue weighted by molar-refractivity contribution is -0.274. The van der Waals surface area contributed by atoms with E-state index in [0.29, 0.717) is 5.56 Å². The van der Waals surface area contributed by atoms with Gasteiger partial charge in [-0.2, -0.15) is 0 Å². The molecule has 1 rings (SSSR count). The summed E-state index contributed by atoms with van der Waals surface area (Å²) in [5.41, 5.74) is 0.328. The van der Waals surface area contributed by atoms with Gasteiger partial charge in [-0.15, -0.1) is 13.2 Å². The standard InChI is InChI=1S/C11H11F3O4/c1-17-10(16)9(15)6-7-3-2-4-8(5-7)18-11(12,13)14/h2-5,9,15H,6H2,1H3. The van der Waals surface area contributed by atoms with Crippen LogP contribution in [0, 0.1) is 0 Å². The van der Waals surface area contributed by atoms with E-state index >= 15 is 0 Å². The van der Waals surface area contributed by atoms with E-state index in [4.69, 9.17) is 0 Å². The molecular weight excluding hydrogens is 253 g/mol. The fourth-order valence-corrected chi connectivity index (χ4v) is 1.31. The van der Waals surface area contributed by atoms with Crippen LogP contribution >= 0.6 is 0 Å². The third-order valence-electron chi connectivity index (χ3n) is 2.03. The number of ether oxygens (including phenoxy) is 2. The molecule has 0 spiro atoms. The van der Waals surface area contributed by atoms with Crippen LogP contribution in [0.25, 0.3) is 0 Å². The van der Waals surface area contributed by atoms with E-state index in [-0.39, 0.29) is 6.42 Å². The van der Waals surface area contributed by atoms with Crippen LogP contribution in [0.1, 0.15) is 5.56 Å². The van der Waals surface area contributed by atoms with E-state index in [9.17, 15) is 23.1 Å². The molecule has 100 valence electrons. The summed E-state index contributed by atoms with van der Waals surface area (Å²) >= 11 is 0. The number of methoxy groups -OCH3 is 1. The van der Waals surface area contributed by atoms with Gasteiger partial charge >= 0.3 is 12.3 Å². The van der Waals surface area contributed by atoms with Crippen molar-refractivity contribution < 1.29 is 32.5 Å². The van der Waals surface area contributed by atoms with Gasteiger partial charge in [-0.05, 0) is 17.7 Å². The highest BCUT2D eigenvalue weighted by atomic mass is 19.4. The van der Waals surface area contributed by atoms with Crippen molar-refractivity contribution in [2.24, 2.45) is 0 Å². The summed E-state index contributed by atoms with van der Waals surface area (Å²) in [5, 5.41) is 9.36. The smallest absolute Gasteiger partial charge is 0.467 e. The van der Waals surface area contributed by atoms with Crippen molar-refractivity contribution in [1.29, 1.82) is 0 Å². The monoisotopic (exact) mass is 264 g/mol. The van der Waals surface area contributed by atoms with E-state index in [1.54, 1.807) is 0 Å². The van der Waals surface area contributed by atoms with Crippen molar-refractivity contribution in [3.8, 4) is 5.75 Å². The van der Waals surface area contributed by atoms with Crippen molar-refractivity contribution in [2.75, 3.05) is 7.11 Å². The number of esters is 1. The van der Waals surface area contributed by atoms with Crippen molar-refractivity contribution >= 4 is 5.97 Å². The summed E-state index contributed by atoms with van der Waals surface area (Å²) in [4.78, 5) is 10.9. The van der Waals surface area contributed by atoms with Gasteiger partial charge in [0.1, 0.15) is 5.75 Å². The lowest BCUT2D eigenvalue weighted by atomic mass is 10.1. The number of carbonyl (C=O) groups excluding carboxylic acids is 1. The van der Waals surface area contributed by atoms with Gasteiger partial charge in [0.05, 0.1) is 7.11 Å². The molecule has 0 fully saturated rings. The minimum Gasteiger partial charge on any atom is -0.467 e. The molecule has 1 aromatic rings. The van der Waals surface area contributed by atoms with Crippen LogP contribution in [-0.4, -0.2) is 30.7 Å². The zero-order valence-corrected chi connectivity index (χ0v) is 9.40. The van der Waals surface area contributed by atoms with Crippen LogP contribution in [0.15, 0.2) is 24.3 Å². The number of rotatable bonds is 4. The van der Waals surface area contributed by atoms with E-state index in [0.717, 1.165) is 19.2 Å². The Kier molecular flexibility index (Phi) is 4.55. The predicted octanol–water partition coefficient (Wildman–Crippen LogP) is 1.66. The Morgan fingerprint density at radius 2 is 2.11 bits per heavy atom. The molecule has 0 bridgehead atoms. The first-order valence-electron chi connectivity index (χ1n) is 4.92. The third-order valence-corrected chi connectivity index (χ3v) is 2.03. The summed E-state index contributed by atoms with van der Waals surface area (Å²) in [6, 6.07) is 5.02. The topological polar surface area (TPSA) is 55.8 Å². The maximum Gasteiger partial charge on any atom is 0.573 e. The minimum atomic E-state index is -4.78. The largest absolute Gasteiger partial charge is 0.573 e. The van der Waals surface area contributed by atoms with Gasteiger partial charge in [-0.3, -0.25) is 0 Å². The molecule has 18 heavy (non-hydrogen) atoms. The van der Waals surface area contributed by atoms with Gasteiger partial charge in [0.15, 0.2) is 6.10 Å². The summed E-state index contributed by atoms with van der Waals surface area (Å²) in [6.45, 7) is 0. The SMILES string of the molecule is COC(=O)C(O)Cc1cccc(OC(F)(F)F)c1. The van der Waals surface area contributed by atoms with Crippen LogP contribution in [0.3, 0.4) is 0 Å². The number of carbonyl (C=O) groups is 1. The van der Waals surface area contributed by atoms with Crippen LogP contribution in [0.4, 0.5) is 13.2 Å². The van der Waals surface area contributed by atoms with Gasteiger partial charge < -0.3 is 14.6 Å². The molecule has 0 amide bonds. The second-order valence-corrected chi connectivity index (χ2v) is 3.44. The highest BCUT2D eigenvalue weighted by Crippen LogP contribution is 2.23. The summed E-state index contributed by atoms with van der Waals surface area (Å²) in [6.07, 6.45) is -6.35. The molecule has 0 aliphatic carbocycles. The number of benzene rings is 1. The summed E-state index contributed by atoms with van der Waals surface area (Å²) in [5.74, 6) is -1.26. The zero-order chi connectivity index (χ0) is 13.8. The second kappa shape index (κ2) is 5.72. The summed E-state index contributed by atoms with van der Waals surface area (Å²) in [7, 11) is 1.11. The Bertz CT molecular complexity index is 417. The number of aliphatic hydroxyl groups excluding tert-OH is 1. The molecule has 7 heteroatoms. The molecule has 1 unspecified atom stereocenters. The maximum atomic E-state index is 12.0. The van der Waals surface area contributed by atoms with Crippen molar-refractivity contribution in [1.82, 2.24) is 0 Å². The molecule has 0 aliphatic rings. The van der Waals surface area contributed by atoms with Gasteiger partial charge in [0, 0.05) is 6.42 Å². The molecular formula is C11H11F3O4. The molecule has 0 heterocycles. The average molecular weight is 264 g/mol. The van der Waals surface area contributed by atoms with Crippen molar-refractivity contribution in [3.63, 3.8) is 0 Å². The van der Waals surface area contributed by atoms with Crippen LogP contribution in [0.2, 0.25) is 0 Å². The quantitative estimate of drug-likeness (QED) is 0.840. The number of hydrogen-bond acceptors (Lipinski definition) is 4. The molecule has 1 aromatic carbocycles. The maximum absolute atomic E-state index is 12.0. The Morgan fingerprint density at radius 1 is 1.44 bits per heavy atom. The van der Waals surface area contributed by atoms with Gasteiger partial charge in [0.2, 0.25) is 0 Å². The summed E-state index contributed by atoms with van der Waals surface area (Å²) < 4.78 is 43.9. The lowest BCUT2D eigenvalue weighted by Gasteiger charge is -2.11. The Hall–Kier alpha value is -1.76. The van der Waals surface area contributed by atoms with Gasteiger partial charge in [0.25, 0.3) is 0 Å². The van der Waals surface area contributed by atoms with Gasteiger partial charge in [-0.25, -0.2) is 4.79 Å². The first-order valence-corrected chi connectivity index (χ1v) is 4.92. The van der Waals surface area contributed by atoms with Crippen LogP contribution in [-0.2, 0) is 16.0 Å². The molecule has 1 N–H and O–H groups in total. The van der Waals surface area contributed by atoms with E-state index in [1.165, 1.54) is 12.1 Å². The first-order chi connectivity index (χ1) is 8.31. The number of aliphatic hydroxyl groups is 1. The zero-order valence-electron chi connectivity index (χ0n) is 9.40. The molecule has 0 radical (unpaired) electrons. The molecule has 0 aliphatic heterocycles. The Balaban J connectivity index is 2.73. The molecule has 0 aromatic heterocycles. The van der Waals surface area contributed by atoms with Crippen molar-refractivity contribution in [3.05, 3.63) is 29.8 Å². The lowest BCUT2D eigenvalue weighted by Crippen LogP contribution is -2.24. The Morgan fingerprint density at radius 3 is 2.67 bits per heavy atom.